The molecule has 0 amide bonds. The lowest BCUT2D eigenvalue weighted by Crippen LogP contribution is -2.15. The van der Waals surface area contributed by atoms with E-state index in [0.29, 0.717) is 19.2 Å². The summed E-state index contributed by atoms with van der Waals surface area (Å²) in [5.74, 6) is 2.80. The minimum atomic E-state index is 0.141. The van der Waals surface area contributed by atoms with Crippen molar-refractivity contribution in [2.24, 2.45) is 0 Å². The van der Waals surface area contributed by atoms with Crippen LogP contribution in [0.2, 0.25) is 0 Å². The first-order valence-corrected chi connectivity index (χ1v) is 9.01. The number of fused-ring (bicyclic) bond motifs is 1. The number of nitrogens with zero attached hydrogens (tertiary/aromatic N) is 2. The van der Waals surface area contributed by atoms with Gasteiger partial charge in [-0.2, -0.15) is 4.98 Å². The Balaban J connectivity index is 1.52. The lowest BCUT2D eigenvalue weighted by Gasteiger charge is -2.19. The number of nitrogens with one attached hydrogen (secondary N) is 2. The maximum Gasteiger partial charge on any atom is 0.229 e. The Morgan fingerprint density at radius 2 is 1.70 bits per heavy atom. The van der Waals surface area contributed by atoms with Crippen LogP contribution in [0.4, 0.5) is 17.5 Å². The largest absolute Gasteiger partial charge is 0.486 e. The van der Waals surface area contributed by atoms with Crippen molar-refractivity contribution in [2.45, 2.75) is 19.9 Å². The second-order valence-electron chi connectivity index (χ2n) is 6.48. The van der Waals surface area contributed by atoms with Gasteiger partial charge >= 0.3 is 0 Å². The van der Waals surface area contributed by atoms with E-state index in [4.69, 9.17) is 9.47 Å². The average Bonchev–Trinajstić information content (AvgIpc) is 2.68. The van der Waals surface area contributed by atoms with Crippen LogP contribution in [0.3, 0.4) is 0 Å². The Morgan fingerprint density at radius 3 is 2.52 bits per heavy atom. The monoisotopic (exact) mass is 362 g/mol. The van der Waals surface area contributed by atoms with Crippen molar-refractivity contribution < 1.29 is 9.47 Å². The highest BCUT2D eigenvalue weighted by molar-refractivity contribution is 5.61. The van der Waals surface area contributed by atoms with Gasteiger partial charge in [0.15, 0.2) is 11.5 Å². The molecule has 0 spiro atoms. The molecule has 1 atom stereocenters. The number of aryl methyl sites for hydroxylation is 1. The molecule has 0 saturated heterocycles. The van der Waals surface area contributed by atoms with Crippen molar-refractivity contribution in [3.8, 4) is 11.5 Å². The zero-order valence-corrected chi connectivity index (χ0v) is 15.4. The van der Waals surface area contributed by atoms with Crippen LogP contribution in [0.25, 0.3) is 0 Å². The van der Waals surface area contributed by atoms with Crippen molar-refractivity contribution in [3.63, 3.8) is 0 Å². The van der Waals surface area contributed by atoms with Gasteiger partial charge in [-0.15, -0.1) is 0 Å². The molecule has 2 heterocycles. The lowest BCUT2D eigenvalue weighted by molar-refractivity contribution is 0.171. The third kappa shape index (κ3) is 4.11. The fourth-order valence-corrected chi connectivity index (χ4v) is 3.00. The van der Waals surface area contributed by atoms with Crippen LogP contribution in [0.5, 0.6) is 11.5 Å². The van der Waals surface area contributed by atoms with Gasteiger partial charge in [0.25, 0.3) is 0 Å². The first-order chi connectivity index (χ1) is 13.2. The van der Waals surface area contributed by atoms with E-state index in [1.54, 1.807) is 0 Å². The minimum Gasteiger partial charge on any atom is -0.486 e. The van der Waals surface area contributed by atoms with Gasteiger partial charge < -0.3 is 20.1 Å². The minimum absolute atomic E-state index is 0.141. The molecule has 2 aromatic carbocycles. The van der Waals surface area contributed by atoms with Gasteiger partial charge in [0.2, 0.25) is 5.95 Å². The van der Waals surface area contributed by atoms with Crippen molar-refractivity contribution in [2.75, 3.05) is 23.8 Å². The van der Waals surface area contributed by atoms with Crippen LogP contribution in [-0.4, -0.2) is 23.2 Å². The smallest absolute Gasteiger partial charge is 0.229 e. The molecule has 0 radical (unpaired) electrons. The first-order valence-electron chi connectivity index (χ1n) is 9.01. The molecule has 1 unspecified atom stereocenters. The number of rotatable bonds is 5. The topological polar surface area (TPSA) is 68.3 Å². The quantitative estimate of drug-likeness (QED) is 0.698. The van der Waals surface area contributed by atoms with Crippen molar-refractivity contribution >= 4 is 17.5 Å². The van der Waals surface area contributed by atoms with Gasteiger partial charge in [-0.05, 0) is 31.5 Å². The number of benzene rings is 2. The van der Waals surface area contributed by atoms with Crippen molar-refractivity contribution in [1.82, 2.24) is 9.97 Å². The van der Waals surface area contributed by atoms with E-state index in [0.717, 1.165) is 28.7 Å². The molecule has 0 saturated carbocycles. The normalized spacial score (nSPS) is 13.7. The molecule has 138 valence electrons. The average molecular weight is 362 g/mol. The number of hydrogen-bond donors (Lipinski definition) is 2. The van der Waals surface area contributed by atoms with Crippen LogP contribution in [-0.2, 0) is 0 Å². The maximum atomic E-state index is 5.63. The molecule has 1 aliphatic heterocycles. The molecule has 4 rings (SSSR count). The number of hydrogen-bond acceptors (Lipinski definition) is 6. The summed E-state index contributed by atoms with van der Waals surface area (Å²) in [6.07, 6.45) is 0. The highest BCUT2D eigenvalue weighted by atomic mass is 16.6. The summed E-state index contributed by atoms with van der Waals surface area (Å²) in [5, 5.41) is 6.69. The summed E-state index contributed by atoms with van der Waals surface area (Å²) in [5.41, 5.74) is 2.94. The Bertz CT molecular complexity index is 931. The van der Waals surface area contributed by atoms with E-state index in [1.807, 2.05) is 49.4 Å². The van der Waals surface area contributed by atoms with Gasteiger partial charge in [-0.3, -0.25) is 0 Å². The second kappa shape index (κ2) is 7.53. The third-order valence-electron chi connectivity index (χ3n) is 4.32. The zero-order chi connectivity index (χ0) is 18.6. The summed E-state index contributed by atoms with van der Waals surface area (Å²) in [6.45, 7) is 5.20. The van der Waals surface area contributed by atoms with Gasteiger partial charge in [0, 0.05) is 29.6 Å². The Hall–Kier alpha value is -3.28. The van der Waals surface area contributed by atoms with Crippen LogP contribution in [0.1, 0.15) is 24.2 Å². The molecule has 0 aliphatic carbocycles. The maximum absolute atomic E-state index is 5.63. The summed E-state index contributed by atoms with van der Waals surface area (Å²) in [7, 11) is 0. The molecule has 27 heavy (non-hydrogen) atoms. The van der Waals surface area contributed by atoms with E-state index < -0.39 is 0 Å². The van der Waals surface area contributed by atoms with E-state index in [-0.39, 0.29) is 6.04 Å². The molecule has 3 aromatic rings. The Kier molecular flexibility index (Phi) is 4.78. The molecule has 1 aromatic heterocycles. The van der Waals surface area contributed by atoms with E-state index in [1.165, 1.54) is 5.56 Å². The van der Waals surface area contributed by atoms with Gasteiger partial charge in [-0.1, -0.05) is 30.3 Å². The molecule has 2 N–H and O–H groups in total. The molecule has 6 nitrogen and oxygen atoms in total. The van der Waals surface area contributed by atoms with E-state index in [9.17, 15) is 0 Å². The molecule has 0 bridgehead atoms. The zero-order valence-electron chi connectivity index (χ0n) is 15.4. The third-order valence-corrected chi connectivity index (χ3v) is 4.32. The molecule has 0 fully saturated rings. The van der Waals surface area contributed by atoms with Crippen LogP contribution in [0, 0.1) is 6.92 Å². The molecular weight excluding hydrogens is 340 g/mol. The van der Waals surface area contributed by atoms with Crippen LogP contribution >= 0.6 is 0 Å². The first kappa shape index (κ1) is 17.1. The molecular formula is C21H22N4O2. The van der Waals surface area contributed by atoms with Gasteiger partial charge in [0.05, 0.1) is 0 Å². The van der Waals surface area contributed by atoms with Crippen molar-refractivity contribution in [3.05, 3.63) is 65.9 Å². The number of anilines is 3. The highest BCUT2D eigenvalue weighted by Crippen LogP contribution is 2.33. The summed E-state index contributed by atoms with van der Waals surface area (Å²) in [6, 6.07) is 18.1. The molecule has 1 aliphatic rings. The number of aromatic nitrogens is 2. The Morgan fingerprint density at radius 1 is 0.926 bits per heavy atom. The standard InChI is InChI=1S/C21H22N4O2/c1-14-12-20(23-15(2)16-6-4-3-5-7-16)25-21(22-14)24-17-8-9-18-19(13-17)27-11-10-26-18/h3-9,12-13,15H,10-11H2,1-2H3,(H2,22,23,24,25). The Labute approximate surface area is 158 Å². The predicted octanol–water partition coefficient (Wildman–Crippen LogP) is 4.47. The summed E-state index contributed by atoms with van der Waals surface area (Å²) >= 11 is 0. The summed E-state index contributed by atoms with van der Waals surface area (Å²) in [4.78, 5) is 9.09. The SMILES string of the molecule is Cc1cc(NC(C)c2ccccc2)nc(Nc2ccc3c(c2)OCCO3)n1. The van der Waals surface area contributed by atoms with Gasteiger partial charge in [-0.25, -0.2) is 4.98 Å². The van der Waals surface area contributed by atoms with Crippen LogP contribution in [0.15, 0.2) is 54.6 Å². The molecule has 6 heteroatoms. The summed E-state index contributed by atoms with van der Waals surface area (Å²) < 4.78 is 11.2. The van der Waals surface area contributed by atoms with Gasteiger partial charge in [0.1, 0.15) is 19.0 Å². The predicted molar refractivity (Wildman–Crippen MR) is 106 cm³/mol. The second-order valence-corrected chi connectivity index (χ2v) is 6.48. The highest BCUT2D eigenvalue weighted by Gasteiger charge is 2.13. The van der Waals surface area contributed by atoms with E-state index >= 15 is 0 Å². The fraction of sp³-hybridized carbons (Fsp3) is 0.238. The van der Waals surface area contributed by atoms with E-state index in [2.05, 4.69) is 39.7 Å². The van der Waals surface area contributed by atoms with Crippen molar-refractivity contribution in [1.29, 1.82) is 0 Å². The number of ether oxygens (including phenoxy) is 2. The fourth-order valence-electron chi connectivity index (χ4n) is 3.00. The lowest BCUT2D eigenvalue weighted by atomic mass is 10.1. The van der Waals surface area contributed by atoms with Crippen LogP contribution < -0.4 is 20.1 Å².